The standard InChI is InChI=1S/C11H20N4S/c1-9-10(8-12)11(14(2)13-9)15-4-3-6-16-7-5-15/h3-8,12H2,1-2H3. The highest BCUT2D eigenvalue weighted by Gasteiger charge is 2.19. The Morgan fingerprint density at radius 2 is 2.19 bits per heavy atom. The molecule has 4 nitrogen and oxygen atoms in total. The molecule has 2 heterocycles. The molecule has 2 N–H and O–H groups in total. The van der Waals surface area contributed by atoms with Gasteiger partial charge in [0, 0.05) is 38.0 Å². The molecule has 1 aliphatic heterocycles. The van der Waals surface area contributed by atoms with Crippen LogP contribution in [0.3, 0.4) is 0 Å². The van der Waals surface area contributed by atoms with Crippen molar-refractivity contribution < 1.29 is 0 Å². The topological polar surface area (TPSA) is 47.1 Å². The first-order valence-corrected chi connectivity index (χ1v) is 6.94. The second-order valence-electron chi connectivity index (χ2n) is 4.17. The van der Waals surface area contributed by atoms with E-state index in [0.29, 0.717) is 6.54 Å². The Morgan fingerprint density at radius 1 is 1.38 bits per heavy atom. The van der Waals surface area contributed by atoms with E-state index in [4.69, 9.17) is 5.73 Å². The van der Waals surface area contributed by atoms with Gasteiger partial charge in [0.05, 0.1) is 5.69 Å². The molecule has 0 radical (unpaired) electrons. The van der Waals surface area contributed by atoms with Crippen molar-refractivity contribution in [1.82, 2.24) is 9.78 Å². The molecular weight excluding hydrogens is 220 g/mol. The Morgan fingerprint density at radius 3 is 2.94 bits per heavy atom. The normalized spacial score (nSPS) is 17.6. The fraction of sp³-hybridized carbons (Fsp3) is 0.727. The number of anilines is 1. The van der Waals surface area contributed by atoms with Crippen molar-refractivity contribution in [1.29, 1.82) is 0 Å². The second-order valence-corrected chi connectivity index (χ2v) is 5.39. The third kappa shape index (κ3) is 2.20. The molecule has 5 heteroatoms. The molecule has 1 fully saturated rings. The Labute approximate surface area is 101 Å². The zero-order valence-electron chi connectivity index (χ0n) is 10.1. The summed E-state index contributed by atoms with van der Waals surface area (Å²) in [5.74, 6) is 3.70. The highest BCUT2D eigenvalue weighted by atomic mass is 32.2. The molecule has 1 aromatic heterocycles. The maximum Gasteiger partial charge on any atom is 0.131 e. The van der Waals surface area contributed by atoms with Crippen LogP contribution in [0.2, 0.25) is 0 Å². The van der Waals surface area contributed by atoms with Crippen molar-refractivity contribution in [3.05, 3.63) is 11.3 Å². The Kier molecular flexibility index (Phi) is 3.76. The van der Waals surface area contributed by atoms with E-state index in [9.17, 15) is 0 Å². The lowest BCUT2D eigenvalue weighted by atomic mass is 10.2. The zero-order valence-corrected chi connectivity index (χ0v) is 10.9. The highest BCUT2D eigenvalue weighted by Crippen LogP contribution is 2.24. The van der Waals surface area contributed by atoms with E-state index in [1.54, 1.807) is 0 Å². The summed E-state index contributed by atoms with van der Waals surface area (Å²) in [4.78, 5) is 2.43. The number of nitrogens with two attached hydrogens (primary N) is 1. The van der Waals surface area contributed by atoms with Crippen LogP contribution in [0.1, 0.15) is 17.7 Å². The average Bonchev–Trinajstić information content (AvgIpc) is 2.48. The molecule has 0 amide bonds. The summed E-state index contributed by atoms with van der Waals surface area (Å²) >= 11 is 2.04. The van der Waals surface area contributed by atoms with Crippen LogP contribution in [-0.4, -0.2) is 34.4 Å². The number of thioether (sulfide) groups is 1. The summed E-state index contributed by atoms with van der Waals surface area (Å²) in [5.41, 5.74) is 8.10. The Hall–Kier alpha value is -0.680. The van der Waals surface area contributed by atoms with Crippen molar-refractivity contribution in [2.45, 2.75) is 19.9 Å². The molecule has 0 aromatic carbocycles. The summed E-state index contributed by atoms with van der Waals surface area (Å²) in [7, 11) is 2.01. The molecule has 0 unspecified atom stereocenters. The van der Waals surface area contributed by atoms with Crippen molar-refractivity contribution in [2.24, 2.45) is 12.8 Å². The van der Waals surface area contributed by atoms with Gasteiger partial charge in [0.15, 0.2) is 0 Å². The predicted octanol–water partition coefficient (Wildman–Crippen LogP) is 1.13. The van der Waals surface area contributed by atoms with E-state index >= 15 is 0 Å². The molecule has 0 spiro atoms. The second kappa shape index (κ2) is 5.10. The smallest absolute Gasteiger partial charge is 0.131 e. The summed E-state index contributed by atoms with van der Waals surface area (Å²) in [6.45, 7) is 4.85. The van der Waals surface area contributed by atoms with Crippen LogP contribution in [0.15, 0.2) is 0 Å². The lowest BCUT2D eigenvalue weighted by Crippen LogP contribution is -2.28. The maximum atomic E-state index is 5.83. The molecule has 16 heavy (non-hydrogen) atoms. The highest BCUT2D eigenvalue weighted by molar-refractivity contribution is 7.99. The minimum Gasteiger partial charge on any atom is -0.356 e. The lowest BCUT2D eigenvalue weighted by molar-refractivity contribution is 0.703. The number of aryl methyl sites for hydroxylation is 2. The molecule has 90 valence electrons. The van der Waals surface area contributed by atoms with Gasteiger partial charge in [-0.3, -0.25) is 4.68 Å². The fourth-order valence-electron chi connectivity index (χ4n) is 2.28. The minimum atomic E-state index is 0.582. The van der Waals surface area contributed by atoms with Crippen LogP contribution in [0, 0.1) is 6.92 Å². The summed E-state index contributed by atoms with van der Waals surface area (Å²) in [6.07, 6.45) is 1.25. The van der Waals surface area contributed by atoms with Crippen molar-refractivity contribution >= 4 is 17.6 Å². The van der Waals surface area contributed by atoms with Crippen molar-refractivity contribution in [3.8, 4) is 0 Å². The first-order valence-electron chi connectivity index (χ1n) is 5.79. The predicted molar refractivity (Wildman–Crippen MR) is 70.0 cm³/mol. The quantitative estimate of drug-likeness (QED) is 0.842. The van der Waals surface area contributed by atoms with Crippen molar-refractivity contribution in [3.63, 3.8) is 0 Å². The van der Waals surface area contributed by atoms with Gasteiger partial charge in [-0.25, -0.2) is 0 Å². The van der Waals surface area contributed by atoms with Gasteiger partial charge < -0.3 is 10.6 Å². The largest absolute Gasteiger partial charge is 0.356 e. The van der Waals surface area contributed by atoms with Gasteiger partial charge in [0.25, 0.3) is 0 Å². The molecule has 1 aromatic rings. The molecule has 1 saturated heterocycles. The molecule has 0 bridgehead atoms. The van der Waals surface area contributed by atoms with Gasteiger partial charge in [-0.1, -0.05) is 0 Å². The van der Waals surface area contributed by atoms with Crippen LogP contribution in [0.4, 0.5) is 5.82 Å². The summed E-state index contributed by atoms with van der Waals surface area (Å²) in [6, 6.07) is 0. The molecule has 0 saturated carbocycles. The summed E-state index contributed by atoms with van der Waals surface area (Å²) < 4.78 is 1.98. The number of rotatable bonds is 2. The van der Waals surface area contributed by atoms with E-state index in [-0.39, 0.29) is 0 Å². The van der Waals surface area contributed by atoms with Crippen LogP contribution in [0.25, 0.3) is 0 Å². The first-order chi connectivity index (χ1) is 7.74. The van der Waals surface area contributed by atoms with Gasteiger partial charge in [-0.05, 0) is 19.1 Å². The van der Waals surface area contributed by atoms with Crippen LogP contribution in [-0.2, 0) is 13.6 Å². The van der Waals surface area contributed by atoms with Gasteiger partial charge in [-0.2, -0.15) is 16.9 Å². The van der Waals surface area contributed by atoms with E-state index < -0.39 is 0 Å². The van der Waals surface area contributed by atoms with Crippen molar-refractivity contribution in [2.75, 3.05) is 29.5 Å². The van der Waals surface area contributed by atoms with Gasteiger partial charge in [0.1, 0.15) is 5.82 Å². The molecular formula is C11H20N4S. The Bertz CT molecular complexity index is 353. The molecule has 0 atom stereocenters. The first kappa shape index (κ1) is 11.8. The fourth-order valence-corrected chi connectivity index (χ4v) is 3.17. The maximum absolute atomic E-state index is 5.83. The molecule has 2 rings (SSSR count). The van der Waals surface area contributed by atoms with Gasteiger partial charge in [0.2, 0.25) is 0 Å². The van der Waals surface area contributed by atoms with Crippen LogP contribution < -0.4 is 10.6 Å². The van der Waals surface area contributed by atoms with Crippen LogP contribution in [0.5, 0.6) is 0 Å². The minimum absolute atomic E-state index is 0.582. The number of nitrogens with zero attached hydrogens (tertiary/aromatic N) is 3. The number of hydrogen-bond donors (Lipinski definition) is 1. The third-order valence-corrected chi connectivity index (χ3v) is 4.09. The van der Waals surface area contributed by atoms with E-state index in [0.717, 1.165) is 18.8 Å². The monoisotopic (exact) mass is 240 g/mol. The Balaban J connectivity index is 2.29. The van der Waals surface area contributed by atoms with E-state index in [2.05, 4.69) is 10.00 Å². The SMILES string of the molecule is Cc1nn(C)c(N2CCCSCC2)c1CN. The van der Waals surface area contributed by atoms with E-state index in [1.807, 2.05) is 30.4 Å². The average molecular weight is 240 g/mol. The van der Waals surface area contributed by atoms with Gasteiger partial charge in [-0.15, -0.1) is 0 Å². The van der Waals surface area contributed by atoms with E-state index in [1.165, 1.54) is 29.3 Å². The molecule has 0 aliphatic carbocycles. The van der Waals surface area contributed by atoms with Crippen LogP contribution >= 0.6 is 11.8 Å². The third-order valence-electron chi connectivity index (χ3n) is 3.04. The summed E-state index contributed by atoms with van der Waals surface area (Å²) in [5, 5.41) is 4.48. The molecule has 1 aliphatic rings. The van der Waals surface area contributed by atoms with Gasteiger partial charge >= 0.3 is 0 Å². The lowest BCUT2D eigenvalue weighted by Gasteiger charge is -2.23. The number of hydrogen-bond acceptors (Lipinski definition) is 4. The number of aromatic nitrogens is 2. The zero-order chi connectivity index (χ0) is 11.5.